The summed E-state index contributed by atoms with van der Waals surface area (Å²) in [5.41, 5.74) is 0. The Labute approximate surface area is 151 Å². The van der Waals surface area contributed by atoms with Gasteiger partial charge in [0, 0.05) is 38.6 Å². The van der Waals surface area contributed by atoms with Gasteiger partial charge in [-0.2, -0.15) is 0 Å². The molecule has 26 heavy (non-hydrogen) atoms. The summed E-state index contributed by atoms with van der Waals surface area (Å²) in [6.07, 6.45) is 4.95. The highest BCUT2D eigenvalue weighted by atomic mass is 16.3. The lowest BCUT2D eigenvalue weighted by Gasteiger charge is -2.35. The van der Waals surface area contributed by atoms with Crippen molar-refractivity contribution in [1.82, 2.24) is 25.5 Å². The van der Waals surface area contributed by atoms with Crippen molar-refractivity contribution in [1.29, 1.82) is 0 Å². The third kappa shape index (κ3) is 4.50. The molecule has 0 spiro atoms. The van der Waals surface area contributed by atoms with Gasteiger partial charge in [-0.3, -0.25) is 4.79 Å². The van der Waals surface area contributed by atoms with E-state index < -0.39 is 6.04 Å². The van der Waals surface area contributed by atoms with Gasteiger partial charge in [0.1, 0.15) is 11.8 Å². The van der Waals surface area contributed by atoms with Crippen molar-refractivity contribution in [3.63, 3.8) is 0 Å². The van der Waals surface area contributed by atoms with Gasteiger partial charge < -0.3 is 24.9 Å². The molecular weight excluding hydrogens is 336 g/mol. The molecule has 3 rings (SSSR count). The molecule has 3 heterocycles. The molecular formula is C17H22N6O3. The van der Waals surface area contributed by atoms with Crippen molar-refractivity contribution in [2.45, 2.75) is 19.5 Å². The number of anilines is 1. The number of carbonyl (C=O) groups is 2. The summed E-state index contributed by atoms with van der Waals surface area (Å²) < 4.78 is 5.16. The van der Waals surface area contributed by atoms with Crippen LogP contribution in [-0.4, -0.2) is 59.0 Å². The fraction of sp³-hybridized carbons (Fsp3) is 0.412. The van der Waals surface area contributed by atoms with Gasteiger partial charge in [0.05, 0.1) is 12.8 Å². The summed E-state index contributed by atoms with van der Waals surface area (Å²) in [5.74, 6) is 1.07. The van der Waals surface area contributed by atoms with Crippen LogP contribution in [0.15, 0.2) is 41.3 Å². The van der Waals surface area contributed by atoms with E-state index in [9.17, 15) is 9.59 Å². The van der Waals surface area contributed by atoms with Gasteiger partial charge in [0.2, 0.25) is 11.9 Å². The summed E-state index contributed by atoms with van der Waals surface area (Å²) in [6, 6.07) is 4.42. The maximum Gasteiger partial charge on any atom is 0.318 e. The topological polar surface area (TPSA) is 104 Å². The standard InChI is InChI=1S/C17H22N6O3/c1-13(15(24)20-12-14-4-2-11-26-14)21-17(25)23-9-7-22(8-10-23)16-18-5-3-6-19-16/h2-6,11,13H,7-10,12H2,1H3,(H,20,24)(H,21,25)/t13-/m0/s1. The Hall–Kier alpha value is -3.10. The molecule has 0 bridgehead atoms. The van der Waals surface area contributed by atoms with Gasteiger partial charge in [-0.1, -0.05) is 0 Å². The monoisotopic (exact) mass is 358 g/mol. The molecule has 1 saturated heterocycles. The molecule has 1 aliphatic rings. The molecule has 9 nitrogen and oxygen atoms in total. The minimum atomic E-state index is -0.632. The fourth-order valence-electron chi connectivity index (χ4n) is 2.65. The van der Waals surface area contributed by atoms with Gasteiger partial charge in [0.15, 0.2) is 0 Å². The quantitative estimate of drug-likeness (QED) is 0.811. The van der Waals surface area contributed by atoms with E-state index in [0.717, 1.165) is 0 Å². The van der Waals surface area contributed by atoms with E-state index in [-0.39, 0.29) is 11.9 Å². The van der Waals surface area contributed by atoms with Crippen molar-refractivity contribution in [2.24, 2.45) is 0 Å². The van der Waals surface area contributed by atoms with E-state index in [1.165, 1.54) is 0 Å². The van der Waals surface area contributed by atoms with Crippen molar-refractivity contribution in [3.05, 3.63) is 42.6 Å². The van der Waals surface area contributed by atoms with Crippen LogP contribution in [0.1, 0.15) is 12.7 Å². The highest BCUT2D eigenvalue weighted by molar-refractivity contribution is 5.86. The normalized spacial score (nSPS) is 15.4. The zero-order chi connectivity index (χ0) is 18.4. The van der Waals surface area contributed by atoms with Gasteiger partial charge in [-0.05, 0) is 25.1 Å². The molecule has 2 aromatic heterocycles. The van der Waals surface area contributed by atoms with Crippen LogP contribution < -0.4 is 15.5 Å². The second-order valence-corrected chi connectivity index (χ2v) is 5.99. The Bertz CT molecular complexity index is 713. The number of amides is 3. The Morgan fingerprint density at radius 3 is 2.58 bits per heavy atom. The van der Waals surface area contributed by atoms with Crippen LogP contribution in [0, 0.1) is 0 Å². The Morgan fingerprint density at radius 1 is 1.19 bits per heavy atom. The second-order valence-electron chi connectivity index (χ2n) is 5.99. The highest BCUT2D eigenvalue weighted by Gasteiger charge is 2.24. The Balaban J connectivity index is 1.42. The molecule has 1 aliphatic heterocycles. The summed E-state index contributed by atoms with van der Waals surface area (Å²) >= 11 is 0. The van der Waals surface area contributed by atoms with Crippen LogP contribution in [0.25, 0.3) is 0 Å². The molecule has 138 valence electrons. The molecule has 3 amide bonds. The van der Waals surface area contributed by atoms with Crippen molar-refractivity contribution in [3.8, 4) is 0 Å². The van der Waals surface area contributed by atoms with E-state index >= 15 is 0 Å². The number of urea groups is 1. The van der Waals surface area contributed by atoms with Gasteiger partial charge in [0.25, 0.3) is 0 Å². The fourth-order valence-corrected chi connectivity index (χ4v) is 2.65. The summed E-state index contributed by atoms with van der Waals surface area (Å²) in [5, 5.41) is 5.46. The number of carbonyl (C=O) groups excluding carboxylic acids is 2. The third-order valence-electron chi connectivity index (χ3n) is 4.15. The minimum Gasteiger partial charge on any atom is -0.467 e. The zero-order valence-corrected chi connectivity index (χ0v) is 14.6. The van der Waals surface area contributed by atoms with E-state index in [4.69, 9.17) is 4.42 Å². The molecule has 2 N–H and O–H groups in total. The van der Waals surface area contributed by atoms with Gasteiger partial charge in [-0.25, -0.2) is 14.8 Å². The largest absolute Gasteiger partial charge is 0.467 e. The van der Waals surface area contributed by atoms with E-state index in [1.54, 1.807) is 48.7 Å². The SMILES string of the molecule is C[C@H](NC(=O)N1CCN(c2ncccn2)CC1)C(=O)NCc1ccco1. The number of furan rings is 1. The van der Waals surface area contributed by atoms with Gasteiger partial charge >= 0.3 is 6.03 Å². The Morgan fingerprint density at radius 2 is 1.92 bits per heavy atom. The summed E-state index contributed by atoms with van der Waals surface area (Å²) in [4.78, 5) is 36.6. The highest BCUT2D eigenvalue weighted by Crippen LogP contribution is 2.09. The third-order valence-corrected chi connectivity index (χ3v) is 4.15. The van der Waals surface area contributed by atoms with Gasteiger partial charge in [-0.15, -0.1) is 0 Å². The maximum atomic E-state index is 12.4. The molecule has 2 aromatic rings. The van der Waals surface area contributed by atoms with Crippen LogP contribution in [-0.2, 0) is 11.3 Å². The first-order valence-corrected chi connectivity index (χ1v) is 8.51. The van der Waals surface area contributed by atoms with E-state index in [0.29, 0.717) is 44.4 Å². The number of hydrogen-bond acceptors (Lipinski definition) is 6. The van der Waals surface area contributed by atoms with Crippen LogP contribution in [0.3, 0.4) is 0 Å². The lowest BCUT2D eigenvalue weighted by atomic mass is 10.3. The molecule has 9 heteroatoms. The lowest BCUT2D eigenvalue weighted by Crippen LogP contribution is -2.55. The zero-order valence-electron chi connectivity index (χ0n) is 14.6. The average Bonchev–Trinajstić information content (AvgIpc) is 3.20. The molecule has 0 saturated carbocycles. The minimum absolute atomic E-state index is 0.251. The number of rotatable bonds is 5. The van der Waals surface area contributed by atoms with Crippen LogP contribution in [0.5, 0.6) is 0 Å². The molecule has 0 aromatic carbocycles. The molecule has 0 aliphatic carbocycles. The Kier molecular flexibility index (Phi) is 5.67. The predicted octanol–water partition coefficient (Wildman–Crippen LogP) is 0.606. The summed E-state index contributed by atoms with van der Waals surface area (Å²) in [7, 11) is 0. The molecule has 0 radical (unpaired) electrons. The van der Waals surface area contributed by atoms with Crippen molar-refractivity contribution in [2.75, 3.05) is 31.1 Å². The molecule has 0 unspecified atom stereocenters. The first-order chi connectivity index (χ1) is 12.6. The number of nitrogens with zero attached hydrogens (tertiary/aromatic N) is 4. The number of piperazine rings is 1. The molecule has 1 atom stereocenters. The number of nitrogens with one attached hydrogen (secondary N) is 2. The van der Waals surface area contributed by atoms with Crippen LogP contribution in [0.4, 0.5) is 10.7 Å². The van der Waals surface area contributed by atoms with Crippen molar-refractivity contribution < 1.29 is 14.0 Å². The summed E-state index contributed by atoms with van der Waals surface area (Å²) in [6.45, 7) is 4.34. The number of aromatic nitrogens is 2. The van der Waals surface area contributed by atoms with E-state index in [2.05, 4.69) is 20.6 Å². The van der Waals surface area contributed by atoms with Crippen LogP contribution in [0.2, 0.25) is 0 Å². The predicted molar refractivity (Wildman–Crippen MR) is 94.4 cm³/mol. The van der Waals surface area contributed by atoms with Crippen LogP contribution >= 0.6 is 0 Å². The van der Waals surface area contributed by atoms with Crippen molar-refractivity contribution >= 4 is 17.9 Å². The van der Waals surface area contributed by atoms with E-state index in [1.807, 2.05) is 4.90 Å². The smallest absolute Gasteiger partial charge is 0.318 e. The second kappa shape index (κ2) is 8.32. The first-order valence-electron chi connectivity index (χ1n) is 8.51. The number of hydrogen-bond donors (Lipinski definition) is 2. The maximum absolute atomic E-state index is 12.4. The first kappa shape index (κ1) is 17.7. The lowest BCUT2D eigenvalue weighted by molar-refractivity contribution is -0.122. The average molecular weight is 358 g/mol. The molecule has 1 fully saturated rings.